The van der Waals surface area contributed by atoms with Crippen molar-refractivity contribution in [1.29, 1.82) is 0 Å². The normalized spacial score (nSPS) is 11.4. The van der Waals surface area contributed by atoms with Crippen LogP contribution in [0.25, 0.3) is 17.1 Å². The highest BCUT2D eigenvalue weighted by atomic mass is 32.2. The number of para-hydroxylation sites is 1. The molecule has 30 heavy (non-hydrogen) atoms. The number of amides is 1. The zero-order valence-corrected chi connectivity index (χ0v) is 17.9. The van der Waals surface area contributed by atoms with Crippen molar-refractivity contribution in [2.45, 2.75) is 12.1 Å². The lowest BCUT2D eigenvalue weighted by Gasteiger charge is -2.10. The van der Waals surface area contributed by atoms with Gasteiger partial charge >= 0.3 is 0 Å². The van der Waals surface area contributed by atoms with Gasteiger partial charge in [-0.1, -0.05) is 66.4 Å². The van der Waals surface area contributed by atoms with Gasteiger partial charge in [0, 0.05) is 16.1 Å². The molecule has 0 spiro atoms. The van der Waals surface area contributed by atoms with Gasteiger partial charge in [0.2, 0.25) is 0 Å². The lowest BCUT2D eigenvalue weighted by Crippen LogP contribution is -2.21. The van der Waals surface area contributed by atoms with Crippen LogP contribution in [0.2, 0.25) is 0 Å². The first-order valence-corrected chi connectivity index (χ1v) is 11.1. The SMILES string of the molecule is C/C(=N\NC(=O)CSc1nnc(-c2ccccc2)n1-c1ccccc1)c1cccs1. The minimum absolute atomic E-state index is 0.182. The lowest BCUT2D eigenvalue weighted by atomic mass is 10.2. The second kappa shape index (κ2) is 9.51. The number of aromatic nitrogens is 3. The van der Waals surface area contributed by atoms with Crippen molar-refractivity contribution in [2.75, 3.05) is 5.75 Å². The van der Waals surface area contributed by atoms with Crippen molar-refractivity contribution in [3.05, 3.63) is 83.1 Å². The summed E-state index contributed by atoms with van der Waals surface area (Å²) in [6.07, 6.45) is 0. The van der Waals surface area contributed by atoms with E-state index in [9.17, 15) is 4.79 Å². The van der Waals surface area contributed by atoms with Crippen LogP contribution >= 0.6 is 23.1 Å². The predicted octanol–water partition coefficient (Wildman–Crippen LogP) is 4.63. The third kappa shape index (κ3) is 4.67. The van der Waals surface area contributed by atoms with Gasteiger partial charge in [0.05, 0.1) is 11.5 Å². The zero-order chi connectivity index (χ0) is 20.8. The third-order valence-corrected chi connectivity index (χ3v) is 6.15. The minimum atomic E-state index is -0.195. The van der Waals surface area contributed by atoms with Gasteiger partial charge in [-0.15, -0.1) is 21.5 Å². The first-order chi connectivity index (χ1) is 14.7. The molecule has 2 heterocycles. The fourth-order valence-electron chi connectivity index (χ4n) is 2.80. The molecule has 0 saturated carbocycles. The van der Waals surface area contributed by atoms with E-state index in [1.807, 2.05) is 89.7 Å². The van der Waals surface area contributed by atoms with E-state index in [2.05, 4.69) is 20.7 Å². The molecular weight excluding hydrogens is 414 g/mol. The summed E-state index contributed by atoms with van der Waals surface area (Å²) in [4.78, 5) is 13.3. The van der Waals surface area contributed by atoms with Crippen molar-refractivity contribution in [1.82, 2.24) is 20.2 Å². The number of hydrogen-bond donors (Lipinski definition) is 1. The van der Waals surface area contributed by atoms with E-state index in [1.54, 1.807) is 11.3 Å². The lowest BCUT2D eigenvalue weighted by molar-refractivity contribution is -0.118. The van der Waals surface area contributed by atoms with Gasteiger partial charge in [-0.25, -0.2) is 5.43 Å². The Morgan fingerprint density at radius 3 is 2.47 bits per heavy atom. The van der Waals surface area contributed by atoms with Crippen LogP contribution in [0.15, 0.2) is 88.4 Å². The average molecular weight is 434 g/mol. The topological polar surface area (TPSA) is 72.2 Å². The van der Waals surface area contributed by atoms with E-state index in [1.165, 1.54) is 11.8 Å². The Morgan fingerprint density at radius 2 is 1.77 bits per heavy atom. The van der Waals surface area contributed by atoms with Crippen LogP contribution in [-0.2, 0) is 4.79 Å². The summed E-state index contributed by atoms with van der Waals surface area (Å²) >= 11 is 2.91. The van der Waals surface area contributed by atoms with E-state index in [4.69, 9.17) is 0 Å². The number of thiophene rings is 1. The Bertz CT molecular complexity index is 1140. The van der Waals surface area contributed by atoms with E-state index >= 15 is 0 Å². The van der Waals surface area contributed by atoms with Gasteiger partial charge in [0.15, 0.2) is 11.0 Å². The molecule has 2 aromatic carbocycles. The molecule has 1 N–H and O–H groups in total. The number of nitrogens with one attached hydrogen (secondary N) is 1. The molecule has 0 atom stereocenters. The molecule has 0 bridgehead atoms. The highest BCUT2D eigenvalue weighted by molar-refractivity contribution is 7.99. The highest BCUT2D eigenvalue weighted by Gasteiger charge is 2.17. The van der Waals surface area contributed by atoms with Crippen molar-refractivity contribution in [3.63, 3.8) is 0 Å². The fraction of sp³-hybridized carbons (Fsp3) is 0.0909. The molecule has 0 saturated heterocycles. The predicted molar refractivity (Wildman–Crippen MR) is 122 cm³/mol. The summed E-state index contributed by atoms with van der Waals surface area (Å²) in [7, 11) is 0. The third-order valence-electron chi connectivity index (χ3n) is 4.24. The van der Waals surface area contributed by atoms with Gasteiger partial charge in [-0.3, -0.25) is 9.36 Å². The first-order valence-electron chi connectivity index (χ1n) is 9.28. The molecule has 8 heteroatoms. The number of rotatable bonds is 7. The summed E-state index contributed by atoms with van der Waals surface area (Å²) in [5.74, 6) is 0.720. The summed E-state index contributed by atoms with van der Waals surface area (Å²) in [5.41, 5.74) is 5.30. The number of benzene rings is 2. The molecule has 4 aromatic rings. The van der Waals surface area contributed by atoms with Crippen LogP contribution in [-0.4, -0.2) is 32.1 Å². The Balaban J connectivity index is 1.52. The number of hydrazone groups is 1. The largest absolute Gasteiger partial charge is 0.272 e. The van der Waals surface area contributed by atoms with E-state index < -0.39 is 0 Å². The standard InChI is InChI=1S/C22H19N5OS2/c1-16(19-13-8-14-29-19)23-24-20(28)15-30-22-26-25-21(17-9-4-2-5-10-17)27(22)18-11-6-3-7-12-18/h2-14H,15H2,1H3,(H,24,28)/b23-16+. The maximum Gasteiger partial charge on any atom is 0.250 e. The molecule has 150 valence electrons. The molecule has 6 nitrogen and oxygen atoms in total. The quantitative estimate of drug-likeness (QED) is 0.262. The van der Waals surface area contributed by atoms with Crippen LogP contribution in [0.3, 0.4) is 0 Å². The zero-order valence-electron chi connectivity index (χ0n) is 16.2. The smallest absolute Gasteiger partial charge is 0.250 e. The number of thioether (sulfide) groups is 1. The Morgan fingerprint density at radius 1 is 1.03 bits per heavy atom. The molecule has 0 unspecified atom stereocenters. The monoisotopic (exact) mass is 433 g/mol. The van der Waals surface area contributed by atoms with Crippen molar-refractivity contribution in [2.24, 2.45) is 5.10 Å². The molecule has 2 aromatic heterocycles. The van der Waals surface area contributed by atoms with Gasteiger partial charge in [0.25, 0.3) is 5.91 Å². The molecule has 0 aliphatic heterocycles. The van der Waals surface area contributed by atoms with Crippen LogP contribution in [0.1, 0.15) is 11.8 Å². The van der Waals surface area contributed by atoms with E-state index in [0.29, 0.717) is 5.16 Å². The Kier molecular flexibility index (Phi) is 6.36. The van der Waals surface area contributed by atoms with E-state index in [0.717, 1.165) is 27.7 Å². The minimum Gasteiger partial charge on any atom is -0.272 e. The maximum absolute atomic E-state index is 12.3. The number of nitrogens with zero attached hydrogens (tertiary/aromatic N) is 4. The van der Waals surface area contributed by atoms with Crippen LogP contribution in [0.4, 0.5) is 0 Å². The van der Waals surface area contributed by atoms with Gasteiger partial charge in [-0.2, -0.15) is 5.10 Å². The van der Waals surface area contributed by atoms with Crippen molar-refractivity contribution in [3.8, 4) is 17.1 Å². The van der Waals surface area contributed by atoms with Crippen LogP contribution in [0, 0.1) is 0 Å². The van der Waals surface area contributed by atoms with Crippen LogP contribution in [0.5, 0.6) is 0 Å². The molecule has 0 radical (unpaired) electrons. The second-order valence-corrected chi connectivity index (χ2v) is 8.23. The fourth-order valence-corrected chi connectivity index (χ4v) is 4.22. The summed E-state index contributed by atoms with van der Waals surface area (Å²) in [5, 5.41) is 15.5. The van der Waals surface area contributed by atoms with Crippen molar-refractivity contribution < 1.29 is 4.79 Å². The molecular formula is C22H19N5OS2. The second-order valence-electron chi connectivity index (χ2n) is 6.34. The average Bonchev–Trinajstić information content (AvgIpc) is 3.47. The van der Waals surface area contributed by atoms with Gasteiger partial charge in [-0.05, 0) is 30.5 Å². The molecule has 0 fully saturated rings. The number of carbonyl (C=O) groups is 1. The molecule has 1 amide bonds. The highest BCUT2D eigenvalue weighted by Crippen LogP contribution is 2.27. The first kappa shape index (κ1) is 20.1. The van der Waals surface area contributed by atoms with Crippen molar-refractivity contribution >= 4 is 34.7 Å². The summed E-state index contributed by atoms with van der Waals surface area (Å²) < 4.78 is 1.97. The number of hydrogen-bond acceptors (Lipinski definition) is 6. The number of carbonyl (C=O) groups excluding carboxylic acids is 1. The Labute approximate surface area is 182 Å². The van der Waals surface area contributed by atoms with E-state index in [-0.39, 0.29) is 11.7 Å². The summed E-state index contributed by atoms with van der Waals surface area (Å²) in [6.45, 7) is 1.87. The van der Waals surface area contributed by atoms with Gasteiger partial charge in [0.1, 0.15) is 0 Å². The maximum atomic E-state index is 12.3. The summed E-state index contributed by atoms with van der Waals surface area (Å²) in [6, 6.07) is 23.7. The Hall–Kier alpha value is -3.23. The van der Waals surface area contributed by atoms with Gasteiger partial charge < -0.3 is 0 Å². The van der Waals surface area contributed by atoms with Crippen LogP contribution < -0.4 is 5.43 Å². The molecule has 4 rings (SSSR count). The molecule has 0 aliphatic rings. The molecule has 0 aliphatic carbocycles.